The molecule has 1 N–H and O–H groups in total. The fourth-order valence-electron chi connectivity index (χ4n) is 3.86. The molecule has 1 aromatic carbocycles. The summed E-state index contributed by atoms with van der Waals surface area (Å²) in [5.74, 6) is 0. The van der Waals surface area contributed by atoms with E-state index in [1.807, 2.05) is 48.9 Å². The Hall–Kier alpha value is -3.09. The maximum Gasteiger partial charge on any atom is 0.251 e. The van der Waals surface area contributed by atoms with Gasteiger partial charge in [-0.3, -0.25) is 4.79 Å². The normalized spacial score (nSPS) is 14.4. The van der Waals surface area contributed by atoms with Crippen LogP contribution in [-0.2, 0) is 11.3 Å². The van der Waals surface area contributed by atoms with Gasteiger partial charge in [0.25, 0.3) is 5.56 Å². The number of hydrogen-bond donors (Lipinski definition) is 1. The van der Waals surface area contributed by atoms with E-state index in [0.29, 0.717) is 11.6 Å². The van der Waals surface area contributed by atoms with Gasteiger partial charge in [0.1, 0.15) is 5.65 Å². The summed E-state index contributed by atoms with van der Waals surface area (Å²) >= 11 is 6.06. The summed E-state index contributed by atoms with van der Waals surface area (Å²) < 4.78 is 7.13. The summed E-state index contributed by atoms with van der Waals surface area (Å²) in [6, 6.07) is 13.3. The highest BCUT2D eigenvalue weighted by Crippen LogP contribution is 2.30. The number of H-pyrrole nitrogens is 1. The van der Waals surface area contributed by atoms with Gasteiger partial charge in [-0.15, -0.1) is 0 Å². The number of nitrogens with zero attached hydrogens (tertiary/aromatic N) is 3. The number of anilines is 1. The summed E-state index contributed by atoms with van der Waals surface area (Å²) in [6.45, 7) is 3.64. The highest BCUT2D eigenvalue weighted by Gasteiger charge is 2.15. The van der Waals surface area contributed by atoms with E-state index in [4.69, 9.17) is 16.3 Å². The Labute approximate surface area is 178 Å². The number of nitrogens with one attached hydrogen (secondary N) is 1. The van der Waals surface area contributed by atoms with Crippen LogP contribution < -0.4 is 10.5 Å². The lowest BCUT2D eigenvalue weighted by atomic mass is 10.1. The third-order valence-electron chi connectivity index (χ3n) is 5.44. The molecule has 0 spiro atoms. The third-order valence-corrected chi connectivity index (χ3v) is 5.68. The lowest BCUT2D eigenvalue weighted by molar-refractivity contribution is 0.122. The number of rotatable bonds is 4. The molecule has 152 valence electrons. The minimum absolute atomic E-state index is 0.0564. The zero-order chi connectivity index (χ0) is 20.5. The van der Waals surface area contributed by atoms with Crippen molar-refractivity contribution in [2.75, 3.05) is 31.2 Å². The monoisotopic (exact) mass is 420 g/mol. The topological polar surface area (TPSA) is 63.1 Å². The summed E-state index contributed by atoms with van der Waals surface area (Å²) in [6.07, 6.45) is 5.63. The van der Waals surface area contributed by atoms with Crippen molar-refractivity contribution < 1.29 is 4.74 Å². The van der Waals surface area contributed by atoms with E-state index in [9.17, 15) is 4.79 Å². The fourth-order valence-corrected chi connectivity index (χ4v) is 4.08. The van der Waals surface area contributed by atoms with Crippen molar-refractivity contribution in [3.8, 4) is 11.1 Å². The molecule has 4 heterocycles. The maximum atomic E-state index is 12.8. The summed E-state index contributed by atoms with van der Waals surface area (Å²) in [4.78, 5) is 22.8. The summed E-state index contributed by atoms with van der Waals surface area (Å²) in [5.41, 5.74) is 4.66. The Kier molecular flexibility index (Phi) is 5.02. The Morgan fingerprint density at radius 1 is 1.13 bits per heavy atom. The average molecular weight is 421 g/mol. The van der Waals surface area contributed by atoms with Crippen LogP contribution in [0, 0.1) is 0 Å². The Balaban J connectivity index is 1.47. The molecule has 0 bridgehead atoms. The van der Waals surface area contributed by atoms with Gasteiger partial charge in [0, 0.05) is 47.5 Å². The van der Waals surface area contributed by atoms with Crippen molar-refractivity contribution >= 4 is 28.3 Å². The Bertz CT molecular complexity index is 1260. The van der Waals surface area contributed by atoms with Gasteiger partial charge in [-0.25, -0.2) is 4.98 Å². The van der Waals surface area contributed by atoms with Crippen LogP contribution in [0.15, 0.2) is 65.8 Å². The fraction of sp³-hybridized carbons (Fsp3) is 0.217. The van der Waals surface area contributed by atoms with Crippen molar-refractivity contribution in [1.82, 2.24) is 14.5 Å². The molecule has 30 heavy (non-hydrogen) atoms. The van der Waals surface area contributed by atoms with Crippen molar-refractivity contribution in [2.45, 2.75) is 6.54 Å². The van der Waals surface area contributed by atoms with Gasteiger partial charge in [0.05, 0.1) is 31.6 Å². The standard InChI is InChI=1S/C23H21ClN4O2/c24-18-3-1-2-16(10-18)15-28-5-4-17(11-22(28)29)21-14-26-23-20(21)12-19(13-25-23)27-6-8-30-9-7-27/h1-5,10-14H,6-9,15H2,(H,25,26). The van der Waals surface area contributed by atoms with E-state index >= 15 is 0 Å². The highest BCUT2D eigenvalue weighted by molar-refractivity contribution is 6.30. The van der Waals surface area contributed by atoms with E-state index in [1.165, 1.54) is 0 Å². The molecule has 1 fully saturated rings. The molecule has 0 saturated carbocycles. The number of halogens is 1. The first-order valence-corrected chi connectivity index (χ1v) is 10.3. The second-order valence-corrected chi connectivity index (χ2v) is 7.84. The molecule has 0 aliphatic carbocycles. The number of hydrogen-bond acceptors (Lipinski definition) is 4. The number of benzene rings is 1. The molecule has 3 aromatic heterocycles. The molecule has 7 heteroatoms. The quantitative estimate of drug-likeness (QED) is 0.543. The van der Waals surface area contributed by atoms with Crippen LogP contribution in [0.4, 0.5) is 5.69 Å². The number of aromatic amines is 1. The molecule has 6 nitrogen and oxygen atoms in total. The molecule has 5 rings (SSSR count). The number of fused-ring (bicyclic) bond motifs is 1. The molecule has 1 aliphatic heterocycles. The minimum Gasteiger partial charge on any atom is -0.378 e. The molecule has 4 aromatic rings. The smallest absolute Gasteiger partial charge is 0.251 e. The first kappa shape index (κ1) is 18.9. The Morgan fingerprint density at radius 3 is 2.80 bits per heavy atom. The summed E-state index contributed by atoms with van der Waals surface area (Å²) in [7, 11) is 0. The molecule has 1 aliphatic rings. The molecule has 0 unspecified atom stereocenters. The SMILES string of the molecule is O=c1cc(-c2c[nH]c3ncc(N4CCOCC4)cc23)ccn1Cc1cccc(Cl)c1. The molecule has 0 radical (unpaired) electrons. The van der Waals surface area contributed by atoms with Gasteiger partial charge in [-0.2, -0.15) is 0 Å². The van der Waals surface area contributed by atoms with Crippen LogP contribution in [0.25, 0.3) is 22.2 Å². The van der Waals surface area contributed by atoms with E-state index < -0.39 is 0 Å². The van der Waals surface area contributed by atoms with Crippen molar-refractivity contribution in [1.29, 1.82) is 0 Å². The largest absolute Gasteiger partial charge is 0.378 e. The van der Waals surface area contributed by atoms with Crippen molar-refractivity contribution in [3.63, 3.8) is 0 Å². The summed E-state index contributed by atoms with van der Waals surface area (Å²) in [5, 5.41) is 1.67. The number of pyridine rings is 2. The van der Waals surface area contributed by atoms with Gasteiger partial charge in [-0.1, -0.05) is 23.7 Å². The molecular weight excluding hydrogens is 400 g/mol. The minimum atomic E-state index is -0.0564. The van der Waals surface area contributed by atoms with E-state index in [2.05, 4.69) is 20.9 Å². The van der Waals surface area contributed by atoms with Crippen LogP contribution in [-0.4, -0.2) is 40.8 Å². The van der Waals surface area contributed by atoms with Gasteiger partial charge < -0.3 is 19.2 Å². The predicted molar refractivity (Wildman–Crippen MR) is 119 cm³/mol. The average Bonchev–Trinajstić information content (AvgIpc) is 3.19. The first-order valence-electron chi connectivity index (χ1n) is 9.92. The zero-order valence-electron chi connectivity index (χ0n) is 16.3. The molecule has 0 amide bonds. The molecular formula is C23H21ClN4O2. The van der Waals surface area contributed by atoms with Crippen LogP contribution in [0.1, 0.15) is 5.56 Å². The third kappa shape index (κ3) is 3.72. The van der Waals surface area contributed by atoms with E-state index in [0.717, 1.165) is 59.7 Å². The molecule has 1 saturated heterocycles. The van der Waals surface area contributed by atoms with E-state index in [-0.39, 0.29) is 5.56 Å². The van der Waals surface area contributed by atoms with E-state index in [1.54, 1.807) is 10.6 Å². The number of ether oxygens (including phenoxy) is 1. The lowest BCUT2D eigenvalue weighted by Gasteiger charge is -2.28. The predicted octanol–water partition coefficient (Wildman–Crippen LogP) is 3.93. The lowest BCUT2D eigenvalue weighted by Crippen LogP contribution is -2.36. The zero-order valence-corrected chi connectivity index (χ0v) is 17.1. The first-order chi connectivity index (χ1) is 14.7. The Morgan fingerprint density at radius 2 is 2.00 bits per heavy atom. The van der Waals surface area contributed by atoms with Gasteiger partial charge >= 0.3 is 0 Å². The molecule has 0 atom stereocenters. The second kappa shape index (κ2) is 7.97. The maximum absolute atomic E-state index is 12.8. The number of aromatic nitrogens is 3. The number of morpholine rings is 1. The van der Waals surface area contributed by atoms with Gasteiger partial charge in [0.2, 0.25) is 0 Å². The van der Waals surface area contributed by atoms with Crippen LogP contribution in [0.2, 0.25) is 5.02 Å². The van der Waals surface area contributed by atoms with Crippen LogP contribution >= 0.6 is 11.6 Å². The second-order valence-electron chi connectivity index (χ2n) is 7.40. The van der Waals surface area contributed by atoms with Gasteiger partial charge in [-0.05, 0) is 35.4 Å². The highest BCUT2D eigenvalue weighted by atomic mass is 35.5. The van der Waals surface area contributed by atoms with Crippen LogP contribution in [0.3, 0.4) is 0 Å². The van der Waals surface area contributed by atoms with Crippen molar-refractivity contribution in [3.05, 3.63) is 82.0 Å². The van der Waals surface area contributed by atoms with Crippen LogP contribution in [0.5, 0.6) is 0 Å². The van der Waals surface area contributed by atoms with Gasteiger partial charge in [0.15, 0.2) is 0 Å². The van der Waals surface area contributed by atoms with Crippen molar-refractivity contribution in [2.24, 2.45) is 0 Å².